The summed E-state index contributed by atoms with van der Waals surface area (Å²) in [6.45, 7) is 0. The van der Waals surface area contributed by atoms with E-state index in [1.54, 1.807) is 5.57 Å². The Bertz CT molecular complexity index is 287. The van der Waals surface area contributed by atoms with E-state index in [4.69, 9.17) is 0 Å². The van der Waals surface area contributed by atoms with Crippen molar-refractivity contribution in [2.24, 2.45) is 0 Å². The van der Waals surface area contributed by atoms with Crippen LogP contribution in [0.5, 0.6) is 0 Å². The molecule has 0 amide bonds. The van der Waals surface area contributed by atoms with Crippen molar-refractivity contribution in [1.82, 2.24) is 4.98 Å². The third kappa shape index (κ3) is 2.41. The second-order valence-electron chi connectivity index (χ2n) is 3.65. The van der Waals surface area contributed by atoms with Gasteiger partial charge in [-0.25, -0.2) is 0 Å². The van der Waals surface area contributed by atoms with Crippen LogP contribution in [0.25, 0.3) is 0 Å². The van der Waals surface area contributed by atoms with Crippen LogP contribution in [-0.4, -0.2) is 4.98 Å². The Hall–Kier alpha value is -1.11. The molecule has 1 nitrogen and oxygen atoms in total. The van der Waals surface area contributed by atoms with Gasteiger partial charge < -0.3 is 0 Å². The monoisotopic (exact) mass is 173 g/mol. The van der Waals surface area contributed by atoms with Crippen molar-refractivity contribution in [2.45, 2.75) is 32.1 Å². The fraction of sp³-hybridized carbons (Fsp3) is 0.417. The number of rotatable bonds is 2. The lowest BCUT2D eigenvalue weighted by Crippen LogP contribution is -1.96. The maximum atomic E-state index is 4.12. The van der Waals surface area contributed by atoms with Crippen LogP contribution >= 0.6 is 0 Å². The Balaban J connectivity index is 2.01. The molecule has 68 valence electrons. The third-order valence-electron chi connectivity index (χ3n) is 2.54. The summed E-state index contributed by atoms with van der Waals surface area (Å²) < 4.78 is 0. The van der Waals surface area contributed by atoms with Crippen molar-refractivity contribution < 1.29 is 0 Å². The molecule has 0 N–H and O–H groups in total. The van der Waals surface area contributed by atoms with Gasteiger partial charge in [-0.3, -0.25) is 4.98 Å². The molecule has 1 heterocycles. The second kappa shape index (κ2) is 4.22. The molecule has 1 aliphatic rings. The lowest BCUT2D eigenvalue weighted by atomic mass is 9.95. The minimum atomic E-state index is 1.10. The lowest BCUT2D eigenvalue weighted by Gasteiger charge is -2.11. The van der Waals surface area contributed by atoms with Crippen molar-refractivity contribution in [3.05, 3.63) is 41.7 Å². The van der Waals surface area contributed by atoms with Gasteiger partial charge in [-0.1, -0.05) is 17.7 Å². The predicted molar refractivity (Wildman–Crippen MR) is 54.5 cm³/mol. The van der Waals surface area contributed by atoms with Gasteiger partial charge in [-0.05, 0) is 43.7 Å². The summed E-state index contributed by atoms with van der Waals surface area (Å²) >= 11 is 0. The van der Waals surface area contributed by atoms with E-state index in [0.29, 0.717) is 0 Å². The van der Waals surface area contributed by atoms with Crippen LogP contribution in [0, 0.1) is 0 Å². The first-order valence-electron chi connectivity index (χ1n) is 5.02. The quantitative estimate of drug-likeness (QED) is 0.626. The van der Waals surface area contributed by atoms with E-state index in [2.05, 4.69) is 17.1 Å². The van der Waals surface area contributed by atoms with Crippen molar-refractivity contribution >= 4 is 0 Å². The second-order valence-corrected chi connectivity index (χ2v) is 3.65. The Morgan fingerprint density at radius 3 is 3.00 bits per heavy atom. The summed E-state index contributed by atoms with van der Waals surface area (Å²) in [7, 11) is 0. The standard InChI is InChI=1S/C12H15N/c1-2-5-11(6-3-1)9-12-7-4-8-13-10-12/h4-5,7-8,10H,1-3,6,9H2. The third-order valence-corrected chi connectivity index (χ3v) is 2.54. The summed E-state index contributed by atoms with van der Waals surface area (Å²) in [5, 5.41) is 0. The molecule has 0 unspecified atom stereocenters. The molecule has 0 saturated carbocycles. The smallest absolute Gasteiger partial charge is 0.0303 e. The minimum absolute atomic E-state index is 1.10. The van der Waals surface area contributed by atoms with Gasteiger partial charge in [0.2, 0.25) is 0 Å². The molecule has 0 bridgehead atoms. The van der Waals surface area contributed by atoms with E-state index in [0.717, 1.165) is 6.42 Å². The Morgan fingerprint density at radius 2 is 2.31 bits per heavy atom. The molecule has 1 aliphatic carbocycles. The lowest BCUT2D eigenvalue weighted by molar-refractivity contribution is 0.688. The summed E-state index contributed by atoms with van der Waals surface area (Å²) in [5.41, 5.74) is 2.94. The van der Waals surface area contributed by atoms with Crippen LogP contribution < -0.4 is 0 Å². The van der Waals surface area contributed by atoms with E-state index in [-0.39, 0.29) is 0 Å². The molecule has 0 radical (unpaired) electrons. The van der Waals surface area contributed by atoms with Gasteiger partial charge in [0.05, 0.1) is 0 Å². The highest BCUT2D eigenvalue weighted by molar-refractivity contribution is 5.19. The molecule has 0 aliphatic heterocycles. The molecule has 0 saturated heterocycles. The highest BCUT2D eigenvalue weighted by Gasteiger charge is 2.03. The molecule has 13 heavy (non-hydrogen) atoms. The fourth-order valence-electron chi connectivity index (χ4n) is 1.83. The molecular weight excluding hydrogens is 158 g/mol. The van der Waals surface area contributed by atoms with Crippen LogP contribution in [-0.2, 0) is 6.42 Å². The predicted octanol–water partition coefficient (Wildman–Crippen LogP) is 3.12. The first kappa shape index (κ1) is 8.49. The molecule has 0 atom stereocenters. The van der Waals surface area contributed by atoms with Gasteiger partial charge in [-0.15, -0.1) is 0 Å². The van der Waals surface area contributed by atoms with Gasteiger partial charge in [0.15, 0.2) is 0 Å². The zero-order valence-corrected chi connectivity index (χ0v) is 7.87. The number of aromatic nitrogens is 1. The van der Waals surface area contributed by atoms with Crippen molar-refractivity contribution in [2.75, 3.05) is 0 Å². The Morgan fingerprint density at radius 1 is 1.31 bits per heavy atom. The molecule has 0 spiro atoms. The Kier molecular flexibility index (Phi) is 2.75. The minimum Gasteiger partial charge on any atom is -0.264 e. The molecular formula is C12H15N. The largest absolute Gasteiger partial charge is 0.264 e. The summed E-state index contributed by atoms with van der Waals surface area (Å²) in [6, 6.07) is 4.17. The summed E-state index contributed by atoms with van der Waals surface area (Å²) in [4.78, 5) is 4.12. The van der Waals surface area contributed by atoms with Crippen LogP contribution in [0.1, 0.15) is 31.2 Å². The van der Waals surface area contributed by atoms with E-state index in [1.165, 1.54) is 31.2 Å². The highest BCUT2D eigenvalue weighted by Crippen LogP contribution is 2.20. The first-order chi connectivity index (χ1) is 6.45. The average molecular weight is 173 g/mol. The normalized spacial score (nSPS) is 16.8. The van der Waals surface area contributed by atoms with Gasteiger partial charge in [0.25, 0.3) is 0 Å². The van der Waals surface area contributed by atoms with Gasteiger partial charge >= 0.3 is 0 Å². The molecule has 2 rings (SSSR count). The maximum Gasteiger partial charge on any atom is 0.0303 e. The molecule has 0 aromatic carbocycles. The summed E-state index contributed by atoms with van der Waals surface area (Å²) in [6.07, 6.45) is 12.6. The average Bonchev–Trinajstić information content (AvgIpc) is 2.21. The topological polar surface area (TPSA) is 12.9 Å². The van der Waals surface area contributed by atoms with Crippen LogP contribution in [0.4, 0.5) is 0 Å². The highest BCUT2D eigenvalue weighted by atomic mass is 14.6. The van der Waals surface area contributed by atoms with E-state index >= 15 is 0 Å². The van der Waals surface area contributed by atoms with Crippen molar-refractivity contribution in [1.29, 1.82) is 0 Å². The van der Waals surface area contributed by atoms with Gasteiger partial charge in [-0.2, -0.15) is 0 Å². The zero-order valence-electron chi connectivity index (χ0n) is 7.87. The van der Waals surface area contributed by atoms with Crippen LogP contribution in [0.2, 0.25) is 0 Å². The zero-order chi connectivity index (χ0) is 8.93. The van der Waals surface area contributed by atoms with Gasteiger partial charge in [0.1, 0.15) is 0 Å². The number of pyridine rings is 1. The fourth-order valence-corrected chi connectivity index (χ4v) is 1.83. The SMILES string of the molecule is C1=C(Cc2cccnc2)CCCC1. The molecule has 1 heteroatoms. The maximum absolute atomic E-state index is 4.12. The Labute approximate surface area is 79.5 Å². The number of hydrogen-bond acceptors (Lipinski definition) is 1. The number of allylic oxidation sites excluding steroid dienone is 2. The molecule has 1 aromatic heterocycles. The molecule has 1 aromatic rings. The van der Waals surface area contributed by atoms with Crippen molar-refractivity contribution in [3.63, 3.8) is 0 Å². The van der Waals surface area contributed by atoms with Gasteiger partial charge in [0, 0.05) is 12.4 Å². The van der Waals surface area contributed by atoms with E-state index in [1.807, 2.05) is 18.5 Å². The van der Waals surface area contributed by atoms with E-state index < -0.39 is 0 Å². The molecule has 0 fully saturated rings. The number of hydrogen-bond donors (Lipinski definition) is 0. The van der Waals surface area contributed by atoms with E-state index in [9.17, 15) is 0 Å². The van der Waals surface area contributed by atoms with Crippen molar-refractivity contribution in [3.8, 4) is 0 Å². The van der Waals surface area contributed by atoms with Crippen LogP contribution in [0.15, 0.2) is 36.2 Å². The van der Waals surface area contributed by atoms with Crippen LogP contribution in [0.3, 0.4) is 0 Å². The first-order valence-corrected chi connectivity index (χ1v) is 5.02. The number of nitrogens with zero attached hydrogens (tertiary/aromatic N) is 1. The summed E-state index contributed by atoms with van der Waals surface area (Å²) in [5.74, 6) is 0.